The average molecular weight is 352 g/mol. The van der Waals surface area contributed by atoms with Gasteiger partial charge in [-0.25, -0.2) is 0 Å². The molecule has 2 fully saturated rings. The molecule has 0 saturated carbocycles. The summed E-state index contributed by atoms with van der Waals surface area (Å²) in [6.07, 6.45) is 2.55. The molecule has 114 valence electrons. The summed E-state index contributed by atoms with van der Waals surface area (Å²) in [5, 5.41) is 6.57. The van der Waals surface area contributed by atoms with E-state index in [2.05, 4.69) is 31.5 Å². The van der Waals surface area contributed by atoms with Crippen LogP contribution >= 0.6 is 15.9 Å². The first-order valence-corrected chi connectivity index (χ1v) is 8.43. The lowest BCUT2D eigenvalue weighted by Gasteiger charge is -2.24. The molecule has 0 radical (unpaired) electrons. The van der Waals surface area contributed by atoms with Crippen molar-refractivity contribution in [2.75, 3.05) is 31.5 Å². The van der Waals surface area contributed by atoms with E-state index in [-0.39, 0.29) is 5.91 Å². The Morgan fingerprint density at radius 2 is 2.33 bits per heavy atom. The normalized spacial score (nSPS) is 25.6. The average Bonchev–Trinajstić information content (AvgIpc) is 2.84. The summed E-state index contributed by atoms with van der Waals surface area (Å²) < 4.78 is 0.938. The summed E-state index contributed by atoms with van der Waals surface area (Å²) >= 11 is 3.50. The van der Waals surface area contributed by atoms with Gasteiger partial charge in [0.1, 0.15) is 0 Å². The lowest BCUT2D eigenvalue weighted by molar-refractivity contribution is -0.117. The fraction of sp³-hybridized carbons (Fsp3) is 0.562. The van der Waals surface area contributed by atoms with E-state index in [0.717, 1.165) is 35.7 Å². The number of benzene rings is 1. The van der Waals surface area contributed by atoms with Gasteiger partial charge in [-0.05, 0) is 65.9 Å². The molecule has 2 aliphatic heterocycles. The number of piperidine rings is 1. The van der Waals surface area contributed by atoms with Gasteiger partial charge in [-0.15, -0.1) is 0 Å². The zero-order chi connectivity index (χ0) is 14.8. The second-order valence-corrected chi connectivity index (χ2v) is 7.04. The highest BCUT2D eigenvalue weighted by Crippen LogP contribution is 2.26. The molecular weight excluding hydrogens is 330 g/mol. The van der Waals surface area contributed by atoms with Crippen LogP contribution in [-0.4, -0.2) is 43.0 Å². The number of carbonyl (C=O) groups excluding carboxylic acids is 1. The summed E-state index contributed by atoms with van der Waals surface area (Å²) in [6, 6.07) is 6.55. The van der Waals surface area contributed by atoms with E-state index in [4.69, 9.17) is 0 Å². The molecule has 2 N–H and O–H groups in total. The van der Waals surface area contributed by atoms with Crippen molar-refractivity contribution in [2.24, 2.45) is 5.92 Å². The van der Waals surface area contributed by atoms with Gasteiger partial charge in [-0.3, -0.25) is 9.69 Å². The first-order valence-electron chi connectivity index (χ1n) is 7.63. The number of amides is 1. The van der Waals surface area contributed by atoms with E-state index in [0.29, 0.717) is 12.6 Å². The zero-order valence-electron chi connectivity index (χ0n) is 12.4. The Bertz CT molecular complexity index is 520. The molecular formula is C16H22BrN3O. The molecule has 4 nitrogen and oxygen atoms in total. The molecule has 21 heavy (non-hydrogen) atoms. The van der Waals surface area contributed by atoms with Gasteiger partial charge in [0.15, 0.2) is 0 Å². The van der Waals surface area contributed by atoms with Crippen molar-refractivity contribution < 1.29 is 4.79 Å². The van der Waals surface area contributed by atoms with Crippen LogP contribution in [0.15, 0.2) is 22.7 Å². The Morgan fingerprint density at radius 3 is 3.10 bits per heavy atom. The highest BCUT2D eigenvalue weighted by Gasteiger charge is 2.34. The molecule has 2 saturated heterocycles. The molecule has 0 aliphatic carbocycles. The summed E-state index contributed by atoms with van der Waals surface area (Å²) in [6.45, 7) is 5.68. The third kappa shape index (κ3) is 3.65. The Balaban J connectivity index is 1.55. The van der Waals surface area contributed by atoms with Crippen LogP contribution in [0.4, 0.5) is 5.69 Å². The minimum absolute atomic E-state index is 0.0678. The van der Waals surface area contributed by atoms with E-state index in [9.17, 15) is 4.79 Å². The molecule has 0 spiro atoms. The summed E-state index contributed by atoms with van der Waals surface area (Å²) in [5.74, 6) is 0.788. The van der Waals surface area contributed by atoms with Crippen LogP contribution in [0.1, 0.15) is 18.4 Å². The minimum Gasteiger partial charge on any atom is -0.324 e. The second-order valence-electron chi connectivity index (χ2n) is 6.19. The number of hydrogen-bond donors (Lipinski definition) is 2. The molecule has 3 rings (SSSR count). The fourth-order valence-electron chi connectivity index (χ4n) is 3.38. The van der Waals surface area contributed by atoms with Crippen molar-refractivity contribution in [1.29, 1.82) is 0 Å². The quantitative estimate of drug-likeness (QED) is 0.878. The van der Waals surface area contributed by atoms with Gasteiger partial charge >= 0.3 is 0 Å². The SMILES string of the molecule is Cc1ccc(NC(=O)CN2CC3CCCNC3C2)c(Br)c1. The second kappa shape index (κ2) is 6.46. The lowest BCUT2D eigenvalue weighted by Crippen LogP contribution is -2.41. The van der Waals surface area contributed by atoms with Crippen molar-refractivity contribution in [3.05, 3.63) is 28.2 Å². The van der Waals surface area contributed by atoms with Gasteiger partial charge in [-0.2, -0.15) is 0 Å². The molecule has 5 heteroatoms. The smallest absolute Gasteiger partial charge is 0.238 e. The topological polar surface area (TPSA) is 44.4 Å². The minimum atomic E-state index is 0.0678. The van der Waals surface area contributed by atoms with Crippen molar-refractivity contribution in [3.8, 4) is 0 Å². The molecule has 2 atom stereocenters. The Labute approximate surface area is 134 Å². The van der Waals surface area contributed by atoms with E-state index < -0.39 is 0 Å². The summed E-state index contributed by atoms with van der Waals surface area (Å²) in [4.78, 5) is 14.5. The largest absolute Gasteiger partial charge is 0.324 e. The van der Waals surface area contributed by atoms with Crippen LogP contribution in [0.2, 0.25) is 0 Å². The number of nitrogens with one attached hydrogen (secondary N) is 2. The zero-order valence-corrected chi connectivity index (χ0v) is 13.9. The van der Waals surface area contributed by atoms with Crippen LogP contribution in [0.3, 0.4) is 0 Å². The van der Waals surface area contributed by atoms with E-state index in [1.165, 1.54) is 18.4 Å². The number of carbonyl (C=O) groups is 1. The van der Waals surface area contributed by atoms with Crippen molar-refractivity contribution >= 4 is 27.5 Å². The van der Waals surface area contributed by atoms with Gasteiger partial charge < -0.3 is 10.6 Å². The maximum absolute atomic E-state index is 12.2. The molecule has 0 bridgehead atoms. The third-order valence-corrected chi connectivity index (χ3v) is 5.10. The summed E-state index contributed by atoms with van der Waals surface area (Å²) in [7, 11) is 0. The monoisotopic (exact) mass is 351 g/mol. The van der Waals surface area contributed by atoms with E-state index in [1.807, 2.05) is 25.1 Å². The van der Waals surface area contributed by atoms with Crippen LogP contribution < -0.4 is 10.6 Å². The molecule has 2 heterocycles. The van der Waals surface area contributed by atoms with Crippen LogP contribution in [0.25, 0.3) is 0 Å². The number of likely N-dealkylation sites (tertiary alicyclic amines) is 1. The van der Waals surface area contributed by atoms with Crippen LogP contribution in [-0.2, 0) is 4.79 Å². The third-order valence-electron chi connectivity index (χ3n) is 4.44. The number of rotatable bonds is 3. The highest BCUT2D eigenvalue weighted by molar-refractivity contribution is 9.10. The van der Waals surface area contributed by atoms with Crippen LogP contribution in [0, 0.1) is 12.8 Å². The van der Waals surface area contributed by atoms with Crippen LogP contribution in [0.5, 0.6) is 0 Å². The van der Waals surface area contributed by atoms with Gasteiger partial charge in [0.05, 0.1) is 12.2 Å². The van der Waals surface area contributed by atoms with Gasteiger partial charge in [0, 0.05) is 23.6 Å². The lowest BCUT2D eigenvalue weighted by atomic mass is 9.94. The van der Waals surface area contributed by atoms with E-state index in [1.54, 1.807) is 0 Å². The molecule has 0 aromatic heterocycles. The van der Waals surface area contributed by atoms with Gasteiger partial charge in [-0.1, -0.05) is 6.07 Å². The first-order chi connectivity index (χ1) is 10.1. The number of fused-ring (bicyclic) bond motifs is 1. The highest BCUT2D eigenvalue weighted by atomic mass is 79.9. The number of hydrogen-bond acceptors (Lipinski definition) is 3. The van der Waals surface area contributed by atoms with Gasteiger partial charge in [0.25, 0.3) is 0 Å². The number of anilines is 1. The Hall–Kier alpha value is -0.910. The van der Waals surface area contributed by atoms with Crippen molar-refractivity contribution in [3.63, 3.8) is 0 Å². The fourth-order valence-corrected chi connectivity index (χ4v) is 3.97. The molecule has 1 aromatic carbocycles. The number of aryl methyl sites for hydroxylation is 1. The first kappa shape index (κ1) is 15.0. The molecule has 2 unspecified atom stereocenters. The number of nitrogens with zero attached hydrogens (tertiary/aromatic N) is 1. The molecule has 2 aliphatic rings. The molecule has 1 amide bonds. The predicted molar refractivity (Wildman–Crippen MR) is 88.5 cm³/mol. The van der Waals surface area contributed by atoms with Crippen molar-refractivity contribution in [1.82, 2.24) is 10.2 Å². The molecule has 1 aromatic rings. The standard InChI is InChI=1S/C16H22BrN3O/c1-11-4-5-14(13(17)7-11)19-16(21)10-20-8-12-3-2-6-18-15(12)9-20/h4-5,7,12,15,18H,2-3,6,8-10H2,1H3,(H,19,21). The van der Waals surface area contributed by atoms with Gasteiger partial charge in [0.2, 0.25) is 5.91 Å². The summed E-state index contributed by atoms with van der Waals surface area (Å²) in [5.41, 5.74) is 2.02. The Kier molecular flexibility index (Phi) is 4.62. The number of halogens is 1. The predicted octanol–water partition coefficient (Wildman–Crippen LogP) is 2.38. The maximum Gasteiger partial charge on any atom is 0.238 e. The maximum atomic E-state index is 12.2. The Morgan fingerprint density at radius 1 is 1.48 bits per heavy atom. The van der Waals surface area contributed by atoms with E-state index >= 15 is 0 Å². The van der Waals surface area contributed by atoms with Crippen molar-refractivity contribution in [2.45, 2.75) is 25.8 Å².